The second kappa shape index (κ2) is 7.21. The van der Waals surface area contributed by atoms with Crippen molar-refractivity contribution in [1.29, 1.82) is 5.26 Å². The molecule has 1 saturated heterocycles. The number of likely N-dealkylation sites (tertiary alicyclic amines) is 1. The van der Waals surface area contributed by atoms with E-state index in [0.29, 0.717) is 11.8 Å². The average molecular weight is 358 g/mol. The van der Waals surface area contributed by atoms with Crippen molar-refractivity contribution < 1.29 is 0 Å². The number of likely N-dealkylation sites (N-methyl/N-ethyl adjacent to an activating group) is 1. The van der Waals surface area contributed by atoms with Gasteiger partial charge in [-0.2, -0.15) is 5.26 Å². The number of fused-ring (bicyclic) bond motifs is 1. The molecule has 3 heteroatoms. The minimum atomic E-state index is 0.506. The number of H-pyrrole nitrogens is 1. The first-order valence-corrected chi connectivity index (χ1v) is 9.81. The summed E-state index contributed by atoms with van der Waals surface area (Å²) in [6, 6.07) is 15.0. The largest absolute Gasteiger partial charge is 0.361 e. The van der Waals surface area contributed by atoms with Crippen LogP contribution in [-0.2, 0) is 6.42 Å². The summed E-state index contributed by atoms with van der Waals surface area (Å²) in [5.41, 5.74) is 7.59. The molecule has 3 aromatic rings. The summed E-state index contributed by atoms with van der Waals surface area (Å²) >= 11 is 0. The number of aromatic amines is 1. The van der Waals surface area contributed by atoms with Gasteiger partial charge in [0.1, 0.15) is 0 Å². The number of rotatable bonds is 3. The highest BCUT2D eigenvalue weighted by molar-refractivity contribution is 5.87. The Labute approximate surface area is 161 Å². The molecule has 0 amide bonds. The van der Waals surface area contributed by atoms with Crippen LogP contribution in [0.15, 0.2) is 42.6 Å². The van der Waals surface area contributed by atoms with Crippen LogP contribution in [0.1, 0.15) is 40.2 Å². The monoisotopic (exact) mass is 357 g/mol. The molecule has 2 heterocycles. The summed E-state index contributed by atoms with van der Waals surface area (Å²) in [7, 11) is 2.22. The van der Waals surface area contributed by atoms with Gasteiger partial charge in [0, 0.05) is 23.6 Å². The lowest BCUT2D eigenvalue weighted by molar-refractivity contribution is 0.188. The van der Waals surface area contributed by atoms with Gasteiger partial charge in [0.05, 0.1) is 11.6 Å². The summed E-state index contributed by atoms with van der Waals surface area (Å²) in [5.74, 6) is 1.12. The van der Waals surface area contributed by atoms with Gasteiger partial charge in [-0.25, -0.2) is 0 Å². The molecule has 0 aliphatic carbocycles. The van der Waals surface area contributed by atoms with Gasteiger partial charge in [0.25, 0.3) is 0 Å². The van der Waals surface area contributed by atoms with E-state index >= 15 is 0 Å². The Balaban J connectivity index is 1.69. The van der Waals surface area contributed by atoms with Crippen molar-refractivity contribution in [2.75, 3.05) is 20.1 Å². The molecule has 0 bridgehead atoms. The van der Waals surface area contributed by atoms with E-state index in [1.54, 1.807) is 0 Å². The Morgan fingerprint density at radius 1 is 1.15 bits per heavy atom. The number of benzene rings is 2. The van der Waals surface area contributed by atoms with Crippen LogP contribution in [0.2, 0.25) is 0 Å². The first kappa shape index (κ1) is 17.8. The first-order valence-electron chi connectivity index (χ1n) is 9.81. The minimum Gasteiger partial charge on any atom is -0.361 e. The van der Waals surface area contributed by atoms with E-state index in [-0.39, 0.29) is 0 Å². The lowest BCUT2D eigenvalue weighted by Gasteiger charge is -2.37. The normalized spacial score (nSPS) is 20.7. The van der Waals surface area contributed by atoms with Gasteiger partial charge >= 0.3 is 0 Å². The van der Waals surface area contributed by atoms with E-state index in [4.69, 9.17) is 5.26 Å². The number of piperidine rings is 1. The van der Waals surface area contributed by atoms with Crippen molar-refractivity contribution in [2.45, 2.75) is 32.6 Å². The molecule has 2 aromatic carbocycles. The quantitative estimate of drug-likeness (QED) is 0.722. The van der Waals surface area contributed by atoms with E-state index < -0.39 is 0 Å². The molecule has 0 unspecified atom stereocenters. The predicted octanol–water partition coefficient (Wildman–Crippen LogP) is 4.93. The molecule has 27 heavy (non-hydrogen) atoms. The van der Waals surface area contributed by atoms with Gasteiger partial charge in [0.2, 0.25) is 0 Å². The highest BCUT2D eigenvalue weighted by atomic mass is 15.1. The van der Waals surface area contributed by atoms with Crippen molar-refractivity contribution >= 4 is 10.9 Å². The maximum absolute atomic E-state index is 9.10. The molecule has 0 radical (unpaired) electrons. The molecule has 0 spiro atoms. The first-order chi connectivity index (χ1) is 13.1. The predicted molar refractivity (Wildman–Crippen MR) is 111 cm³/mol. The van der Waals surface area contributed by atoms with Crippen molar-refractivity contribution in [3.8, 4) is 6.07 Å². The lowest BCUT2D eigenvalue weighted by Crippen LogP contribution is -2.37. The van der Waals surface area contributed by atoms with Crippen LogP contribution in [0.5, 0.6) is 0 Å². The highest BCUT2D eigenvalue weighted by Crippen LogP contribution is 2.37. The molecule has 4 rings (SSSR count). The Morgan fingerprint density at radius 2 is 1.93 bits per heavy atom. The fourth-order valence-electron chi connectivity index (χ4n) is 4.77. The van der Waals surface area contributed by atoms with Crippen molar-refractivity contribution in [1.82, 2.24) is 9.88 Å². The summed E-state index contributed by atoms with van der Waals surface area (Å²) in [6.45, 7) is 6.67. The van der Waals surface area contributed by atoms with Gasteiger partial charge in [-0.05, 0) is 92.6 Å². The van der Waals surface area contributed by atoms with Crippen LogP contribution in [0.3, 0.4) is 0 Å². The lowest BCUT2D eigenvalue weighted by atomic mass is 9.76. The summed E-state index contributed by atoms with van der Waals surface area (Å²) in [5, 5.41) is 10.5. The summed E-state index contributed by atoms with van der Waals surface area (Å²) in [4.78, 5) is 5.85. The summed E-state index contributed by atoms with van der Waals surface area (Å²) in [6.07, 6.45) is 4.38. The highest BCUT2D eigenvalue weighted by Gasteiger charge is 2.30. The maximum atomic E-state index is 9.10. The molecule has 2 atom stereocenters. The van der Waals surface area contributed by atoms with Gasteiger partial charge in [-0.15, -0.1) is 0 Å². The van der Waals surface area contributed by atoms with E-state index in [2.05, 4.69) is 67.3 Å². The van der Waals surface area contributed by atoms with Crippen LogP contribution in [0.25, 0.3) is 10.9 Å². The SMILES string of the molecule is Cc1cc(C)c2[nH]ccc2c1C[C@@H]1CCN(C)C[C@H]1c1ccc(C#N)cc1. The molecule has 138 valence electrons. The van der Waals surface area contributed by atoms with Crippen molar-refractivity contribution in [2.24, 2.45) is 5.92 Å². The van der Waals surface area contributed by atoms with E-state index in [1.165, 1.54) is 39.6 Å². The number of nitrogens with zero attached hydrogens (tertiary/aromatic N) is 2. The van der Waals surface area contributed by atoms with E-state index in [0.717, 1.165) is 25.1 Å². The molecular formula is C24H27N3. The van der Waals surface area contributed by atoms with Crippen LogP contribution in [0.4, 0.5) is 0 Å². The second-order valence-corrected chi connectivity index (χ2v) is 8.11. The number of hydrogen-bond acceptors (Lipinski definition) is 2. The zero-order chi connectivity index (χ0) is 19.0. The Kier molecular flexibility index (Phi) is 4.76. The summed E-state index contributed by atoms with van der Waals surface area (Å²) < 4.78 is 0. The Hall–Kier alpha value is -2.57. The van der Waals surface area contributed by atoms with Gasteiger partial charge in [-0.1, -0.05) is 18.2 Å². The fraction of sp³-hybridized carbons (Fsp3) is 0.375. The molecule has 1 aliphatic rings. The molecule has 1 N–H and O–H groups in total. The van der Waals surface area contributed by atoms with Crippen molar-refractivity contribution in [3.63, 3.8) is 0 Å². The molecule has 0 saturated carbocycles. The van der Waals surface area contributed by atoms with Crippen molar-refractivity contribution in [3.05, 3.63) is 70.4 Å². The second-order valence-electron chi connectivity index (χ2n) is 8.11. The average Bonchev–Trinajstić information content (AvgIpc) is 3.16. The van der Waals surface area contributed by atoms with Crippen LogP contribution in [-0.4, -0.2) is 30.0 Å². The topological polar surface area (TPSA) is 42.8 Å². The van der Waals surface area contributed by atoms with Crippen LogP contribution < -0.4 is 0 Å². The minimum absolute atomic E-state index is 0.506. The molecular weight excluding hydrogens is 330 g/mol. The molecule has 1 fully saturated rings. The van der Waals surface area contributed by atoms with Gasteiger partial charge in [0.15, 0.2) is 0 Å². The number of aryl methyl sites for hydroxylation is 2. The molecule has 1 aliphatic heterocycles. The Bertz CT molecular complexity index is 991. The van der Waals surface area contributed by atoms with Crippen LogP contribution >= 0.6 is 0 Å². The fourth-order valence-corrected chi connectivity index (χ4v) is 4.77. The van der Waals surface area contributed by atoms with Gasteiger partial charge in [-0.3, -0.25) is 0 Å². The van der Waals surface area contributed by atoms with Gasteiger partial charge < -0.3 is 9.88 Å². The third-order valence-corrected chi connectivity index (χ3v) is 6.27. The third-order valence-electron chi connectivity index (χ3n) is 6.27. The van der Waals surface area contributed by atoms with E-state index in [9.17, 15) is 0 Å². The zero-order valence-electron chi connectivity index (χ0n) is 16.4. The zero-order valence-corrected chi connectivity index (χ0v) is 16.4. The number of aromatic nitrogens is 1. The molecule has 1 aromatic heterocycles. The molecule has 3 nitrogen and oxygen atoms in total. The number of hydrogen-bond donors (Lipinski definition) is 1. The van der Waals surface area contributed by atoms with E-state index in [1.807, 2.05) is 12.1 Å². The maximum Gasteiger partial charge on any atom is 0.0991 e. The number of nitrogens with one attached hydrogen (secondary N) is 1. The number of nitriles is 1. The Morgan fingerprint density at radius 3 is 2.67 bits per heavy atom. The third kappa shape index (κ3) is 3.38. The smallest absolute Gasteiger partial charge is 0.0991 e. The standard InChI is InChI=1S/C24H27N3/c1-16-12-17(2)24-21(8-10-26-24)22(16)13-20-9-11-27(3)15-23(20)19-6-4-18(14-25)5-7-19/h4-8,10,12,20,23,26H,9,11,13,15H2,1-3H3/t20-,23-/m0/s1. The van der Waals surface area contributed by atoms with Crippen LogP contribution in [0, 0.1) is 31.1 Å².